The summed E-state index contributed by atoms with van der Waals surface area (Å²) in [4.78, 5) is 106. The third-order valence-electron chi connectivity index (χ3n) is 16.8. The fourth-order valence-corrected chi connectivity index (χ4v) is 10.9. The van der Waals surface area contributed by atoms with E-state index in [1.165, 1.54) is 81.0 Å². The van der Waals surface area contributed by atoms with Gasteiger partial charge in [0.2, 0.25) is 0 Å². The normalized spacial score (nSPS) is 11.9. The summed E-state index contributed by atoms with van der Waals surface area (Å²) >= 11 is 0. The Morgan fingerprint density at radius 2 is 0.589 bits per heavy atom. The van der Waals surface area contributed by atoms with Crippen molar-refractivity contribution in [2.24, 2.45) is 0 Å². The summed E-state index contributed by atoms with van der Waals surface area (Å²) in [5.41, 5.74) is 3.31. The molecular formula is C93H123N27O9. The zero-order chi connectivity index (χ0) is 94.7. The van der Waals surface area contributed by atoms with Gasteiger partial charge in [0.15, 0.2) is 0 Å². The molecule has 129 heavy (non-hydrogen) atoms. The second-order valence-corrected chi connectivity index (χ2v) is 25.3. The Morgan fingerprint density at radius 1 is 0.287 bits per heavy atom. The lowest BCUT2D eigenvalue weighted by atomic mass is 10.1. The Morgan fingerprint density at radius 3 is 0.938 bits per heavy atom. The summed E-state index contributed by atoms with van der Waals surface area (Å²) in [6.07, 6.45) is 51.7. The number of hydrogen-bond donors (Lipinski definition) is 0. The van der Waals surface area contributed by atoms with Gasteiger partial charge in [0.05, 0.1) is 36.3 Å². The summed E-state index contributed by atoms with van der Waals surface area (Å²) < 4.78 is 28.1. The highest BCUT2D eigenvalue weighted by molar-refractivity contribution is 5.33. The van der Waals surface area contributed by atoms with Crippen molar-refractivity contribution in [3.8, 4) is 22.9 Å². The van der Waals surface area contributed by atoms with Crippen LogP contribution in [-0.2, 0) is 17.8 Å². The molecule has 3 aromatic carbocycles. The Bertz CT molecular complexity index is 5680. The summed E-state index contributed by atoms with van der Waals surface area (Å²) in [5, 5.41) is 31.7. The zero-order valence-corrected chi connectivity index (χ0v) is 77.0. The van der Waals surface area contributed by atoms with Crippen LogP contribution in [0.15, 0.2) is 302 Å². The fraction of sp³-hybridized carbons (Fsp3) is 0.301. The van der Waals surface area contributed by atoms with Crippen LogP contribution in [0.4, 0.5) is 0 Å². The van der Waals surface area contributed by atoms with E-state index in [4.69, 9.17) is 4.74 Å². The van der Waals surface area contributed by atoms with Gasteiger partial charge in [-0.1, -0.05) is 203 Å². The molecule has 2 fully saturated rings. The molecule has 14 aromatic rings. The Labute approximate surface area is 750 Å². The van der Waals surface area contributed by atoms with Gasteiger partial charge in [-0.3, -0.25) is 28.2 Å². The van der Waals surface area contributed by atoms with Gasteiger partial charge in [-0.05, 0) is 141 Å². The molecule has 12 heterocycles. The molecule has 0 atom stereocenters. The topological polar surface area (TPSA) is 366 Å². The van der Waals surface area contributed by atoms with Gasteiger partial charge in [0.1, 0.15) is 56.4 Å². The fourth-order valence-electron chi connectivity index (χ4n) is 10.9. The molecule has 0 N–H and O–H groups in total. The minimum Gasteiger partial charge on any atom is -0.381 e. The summed E-state index contributed by atoms with van der Waals surface area (Å²) in [5.74, 6) is 0.568. The maximum Gasteiger partial charge on any atom is 0.355 e. The van der Waals surface area contributed by atoms with E-state index in [2.05, 4.69) is 55.7 Å². The molecule has 1 aliphatic carbocycles. The molecule has 2 aliphatic rings. The number of benzene rings is 3. The molecule has 0 spiro atoms. The smallest absolute Gasteiger partial charge is 0.355 e. The number of aromatic nitrogens is 27. The first-order valence-corrected chi connectivity index (χ1v) is 42.8. The standard InChI is InChI=1S/2C12H13N3O.C11H11N3O.3C10H10N4O.C10H15N3O2.C8H11N3O.5C2H6/c2*1-2-8-15-12(16)14(10-13-15)9-11-6-4-3-5-7-11;1-2-8-14-11(15)13(9-12-14)10-6-4-3-5-7-10;1-2-7-14-10(15)13(8-12-14)9-3-5-11-6-4-9;1-2-7-14-10(15)13(8-12-14)9-5-3-4-6-11-9;1-2-6-14-10(15)13(8-12-14)9-4-3-5-11-7-9;1-2-5-13-10(14)12(8-11-13)9-3-6-15-7-4-9;1-2-5-11-8(12)10(6-9-11)7-3-4-7;5*1-2/h2*2-8,10H,9H2,1H3;2-9H,1H3;3*2-8H,1H3;2,5,8-9H,3-4,6-7H2,1H3;2,5-7H,3-4H2,1H3;5*1-2H3/b3*8-2+;2*7-2+;6-2+;2*5-2+;;;;;. The average Bonchev–Trinajstić information content (AvgIpc) is 1.66. The van der Waals surface area contributed by atoms with Crippen LogP contribution in [0.1, 0.15) is 174 Å². The van der Waals surface area contributed by atoms with E-state index in [1.54, 1.807) is 209 Å². The second kappa shape index (κ2) is 60.9. The van der Waals surface area contributed by atoms with Crippen molar-refractivity contribution in [2.45, 2.75) is 175 Å². The maximum atomic E-state index is 11.8. The van der Waals surface area contributed by atoms with E-state index >= 15 is 0 Å². The molecule has 0 radical (unpaired) electrons. The van der Waals surface area contributed by atoms with Crippen molar-refractivity contribution in [3.05, 3.63) is 359 Å². The van der Waals surface area contributed by atoms with Crippen LogP contribution in [-0.4, -0.2) is 143 Å². The van der Waals surface area contributed by atoms with Crippen LogP contribution < -0.4 is 45.5 Å². The molecule has 0 unspecified atom stereocenters. The molecule has 1 saturated carbocycles. The highest BCUT2D eigenvalue weighted by Crippen LogP contribution is 2.33. The van der Waals surface area contributed by atoms with Gasteiger partial charge in [0, 0.05) is 99.7 Å². The van der Waals surface area contributed by atoms with E-state index in [1.807, 2.05) is 222 Å². The Kier molecular flexibility index (Phi) is 50.0. The number of para-hydroxylation sites is 1. The molecule has 1 saturated heterocycles. The van der Waals surface area contributed by atoms with Crippen LogP contribution in [0, 0.1) is 0 Å². The Hall–Kier alpha value is -15.5. The molecular weight excluding hydrogens is 1640 g/mol. The summed E-state index contributed by atoms with van der Waals surface area (Å²) in [7, 11) is 0. The van der Waals surface area contributed by atoms with Crippen LogP contribution in [0.2, 0.25) is 0 Å². The van der Waals surface area contributed by atoms with Crippen LogP contribution in [0.3, 0.4) is 0 Å². The van der Waals surface area contributed by atoms with Gasteiger partial charge in [-0.15, -0.1) is 0 Å². The van der Waals surface area contributed by atoms with E-state index in [9.17, 15) is 38.4 Å². The molecule has 0 amide bonds. The number of nitrogens with zero attached hydrogens (tertiary/aromatic N) is 27. The average molecular weight is 1760 g/mol. The van der Waals surface area contributed by atoms with E-state index in [-0.39, 0.29) is 51.6 Å². The number of hydrogen-bond acceptors (Lipinski definition) is 20. The van der Waals surface area contributed by atoms with Gasteiger partial charge in [-0.2, -0.15) is 78.2 Å². The van der Waals surface area contributed by atoms with E-state index in [0.29, 0.717) is 30.6 Å². The van der Waals surface area contributed by atoms with Crippen LogP contribution in [0.5, 0.6) is 0 Å². The highest BCUT2D eigenvalue weighted by atomic mass is 16.5. The summed E-state index contributed by atoms with van der Waals surface area (Å²) in [6.45, 7) is 37.3. The molecule has 36 nitrogen and oxygen atoms in total. The number of pyridine rings is 3. The third kappa shape index (κ3) is 33.2. The largest absolute Gasteiger partial charge is 0.381 e. The molecule has 11 aromatic heterocycles. The number of ether oxygens (including phenoxy) is 1. The molecule has 684 valence electrons. The van der Waals surface area contributed by atoms with E-state index in [0.717, 1.165) is 61.4 Å². The van der Waals surface area contributed by atoms with Crippen LogP contribution in [0.25, 0.3) is 72.5 Å². The Balaban J connectivity index is 0.000000304. The zero-order valence-electron chi connectivity index (χ0n) is 77.0. The van der Waals surface area contributed by atoms with Crippen molar-refractivity contribution in [1.82, 2.24) is 130 Å². The van der Waals surface area contributed by atoms with Crippen molar-refractivity contribution < 1.29 is 4.74 Å². The van der Waals surface area contributed by atoms with Crippen molar-refractivity contribution in [3.63, 3.8) is 0 Å². The van der Waals surface area contributed by atoms with Gasteiger partial charge in [-0.25, -0.2) is 61.6 Å². The first kappa shape index (κ1) is 106. The van der Waals surface area contributed by atoms with Gasteiger partial charge >= 0.3 is 45.5 Å². The van der Waals surface area contributed by atoms with Crippen LogP contribution >= 0.6 is 0 Å². The molecule has 36 heteroatoms. The third-order valence-corrected chi connectivity index (χ3v) is 16.8. The number of rotatable bonds is 18. The van der Waals surface area contributed by atoms with Gasteiger partial charge in [0.25, 0.3) is 0 Å². The SMILES string of the molecule is C/C=C/n1ncn(-c2ccccc2)c1=O.C/C=C/n1ncn(-c2ccccn2)c1=O.C/C=C/n1ncn(-c2cccnc2)c1=O.C/C=C/n1ncn(-c2ccncc2)c1=O.C/C=C/n1ncn(C2CC2)c1=O.C/C=C/n1ncn(C2CCOCC2)c1=O.C/C=C/n1ncn(Cc2ccccc2)c1=O.C/C=C/n1ncn(Cc2ccccc2)c1=O.CC.CC.CC.CC.CC. The number of allylic oxidation sites excluding steroid dienone is 8. The van der Waals surface area contributed by atoms with Crippen molar-refractivity contribution in [2.75, 3.05) is 13.2 Å². The predicted molar refractivity (Wildman–Crippen MR) is 514 cm³/mol. The van der Waals surface area contributed by atoms with E-state index < -0.39 is 0 Å². The lowest BCUT2D eigenvalue weighted by Crippen LogP contribution is -2.29. The minimum absolute atomic E-state index is 0.0319. The molecule has 0 bridgehead atoms. The highest BCUT2D eigenvalue weighted by Gasteiger charge is 2.26. The molecule has 1 aliphatic heterocycles. The molecule has 16 rings (SSSR count). The first-order chi connectivity index (χ1) is 63.1. The van der Waals surface area contributed by atoms with Crippen molar-refractivity contribution >= 4 is 49.6 Å². The second-order valence-electron chi connectivity index (χ2n) is 25.3. The monoisotopic (exact) mass is 1760 g/mol. The lowest BCUT2D eigenvalue weighted by molar-refractivity contribution is 0.0686. The lowest BCUT2D eigenvalue weighted by Gasteiger charge is -2.21. The maximum absolute atomic E-state index is 11.8. The minimum atomic E-state index is -0.230. The first-order valence-electron chi connectivity index (χ1n) is 42.8. The van der Waals surface area contributed by atoms with Gasteiger partial charge < -0.3 is 4.74 Å². The van der Waals surface area contributed by atoms with Crippen molar-refractivity contribution in [1.29, 1.82) is 0 Å². The summed E-state index contributed by atoms with van der Waals surface area (Å²) in [6, 6.07) is 42.2. The predicted octanol–water partition coefficient (Wildman–Crippen LogP) is 14.3. The quantitative estimate of drug-likeness (QED) is 0.0770.